The molecular formula is C29H23BrN2O5. The second-order valence-electron chi connectivity index (χ2n) is 8.11. The highest BCUT2D eigenvalue weighted by Gasteiger charge is 2.39. The Morgan fingerprint density at radius 1 is 0.892 bits per heavy atom. The number of aromatic carboxylic acids is 1. The van der Waals surface area contributed by atoms with E-state index in [-0.39, 0.29) is 12.2 Å². The Morgan fingerprint density at radius 3 is 2.05 bits per heavy atom. The van der Waals surface area contributed by atoms with Crippen LogP contribution in [0, 0.1) is 0 Å². The van der Waals surface area contributed by atoms with Crippen LogP contribution in [0.3, 0.4) is 0 Å². The molecule has 0 aliphatic rings. The van der Waals surface area contributed by atoms with Crippen LogP contribution in [0.1, 0.15) is 32.6 Å². The lowest BCUT2D eigenvalue weighted by molar-refractivity contribution is -0.136. The number of hydrazone groups is 1. The van der Waals surface area contributed by atoms with Crippen molar-refractivity contribution in [2.75, 3.05) is 0 Å². The number of carboxylic acid groups (broad SMARTS) is 1. The fourth-order valence-corrected chi connectivity index (χ4v) is 4.06. The summed E-state index contributed by atoms with van der Waals surface area (Å²) < 4.78 is 6.70. The van der Waals surface area contributed by atoms with Gasteiger partial charge in [0.1, 0.15) is 12.4 Å². The highest BCUT2D eigenvalue weighted by molar-refractivity contribution is 9.10. The summed E-state index contributed by atoms with van der Waals surface area (Å²) in [5.41, 5.74) is 2.91. The van der Waals surface area contributed by atoms with Crippen molar-refractivity contribution in [1.82, 2.24) is 5.43 Å². The van der Waals surface area contributed by atoms with Crippen LogP contribution in [0.4, 0.5) is 0 Å². The van der Waals surface area contributed by atoms with Crippen molar-refractivity contribution in [2.24, 2.45) is 5.10 Å². The summed E-state index contributed by atoms with van der Waals surface area (Å²) >= 11 is 3.43. The molecule has 0 saturated carbocycles. The number of amides is 1. The summed E-state index contributed by atoms with van der Waals surface area (Å²) in [6.07, 6.45) is 1.43. The molecule has 7 nitrogen and oxygen atoms in total. The fraction of sp³-hybridized carbons (Fsp3) is 0.0690. The largest absolute Gasteiger partial charge is 0.488 e. The average molecular weight is 559 g/mol. The minimum atomic E-state index is -1.95. The Balaban J connectivity index is 1.52. The normalized spacial score (nSPS) is 11.3. The highest BCUT2D eigenvalue weighted by atomic mass is 79.9. The minimum absolute atomic E-state index is 0.196. The Bertz CT molecular complexity index is 1370. The summed E-state index contributed by atoms with van der Waals surface area (Å²) in [4.78, 5) is 24.3. The van der Waals surface area contributed by atoms with Gasteiger partial charge >= 0.3 is 5.97 Å². The van der Waals surface area contributed by atoms with E-state index in [0.29, 0.717) is 22.4 Å². The Morgan fingerprint density at radius 2 is 1.49 bits per heavy atom. The molecule has 0 fully saturated rings. The summed E-state index contributed by atoms with van der Waals surface area (Å²) in [6.45, 7) is 0.205. The molecule has 3 N–H and O–H groups in total. The third-order valence-corrected chi connectivity index (χ3v) is 6.14. The predicted molar refractivity (Wildman–Crippen MR) is 143 cm³/mol. The summed E-state index contributed by atoms with van der Waals surface area (Å²) in [6, 6.07) is 29.1. The van der Waals surface area contributed by atoms with E-state index in [1.54, 1.807) is 84.9 Å². The second kappa shape index (κ2) is 11.6. The van der Waals surface area contributed by atoms with Crippen molar-refractivity contribution < 1.29 is 24.5 Å². The third-order valence-electron chi connectivity index (χ3n) is 5.65. The van der Waals surface area contributed by atoms with Crippen LogP contribution in [0.25, 0.3) is 0 Å². The quantitative estimate of drug-likeness (QED) is 0.195. The summed E-state index contributed by atoms with van der Waals surface area (Å²) in [5.74, 6) is -1.20. The number of carboxylic acids is 1. The van der Waals surface area contributed by atoms with Gasteiger partial charge in [0.15, 0.2) is 5.60 Å². The van der Waals surface area contributed by atoms with Gasteiger partial charge < -0.3 is 14.9 Å². The van der Waals surface area contributed by atoms with E-state index in [1.807, 2.05) is 6.07 Å². The van der Waals surface area contributed by atoms with E-state index in [4.69, 9.17) is 9.84 Å². The van der Waals surface area contributed by atoms with E-state index >= 15 is 0 Å². The number of aliphatic hydroxyl groups is 1. The van der Waals surface area contributed by atoms with Gasteiger partial charge in [0.25, 0.3) is 5.91 Å². The number of carbonyl (C=O) groups excluding carboxylic acids is 1. The van der Waals surface area contributed by atoms with Gasteiger partial charge in [-0.15, -0.1) is 0 Å². The first kappa shape index (κ1) is 25.8. The maximum atomic E-state index is 13.2. The molecule has 0 aromatic heterocycles. The van der Waals surface area contributed by atoms with Crippen molar-refractivity contribution in [2.45, 2.75) is 12.2 Å². The number of benzene rings is 4. The molecule has 0 bridgehead atoms. The Kier molecular flexibility index (Phi) is 8.12. The van der Waals surface area contributed by atoms with Gasteiger partial charge in [0, 0.05) is 10.0 Å². The van der Waals surface area contributed by atoms with Crippen LogP contribution < -0.4 is 10.2 Å². The first-order valence-corrected chi connectivity index (χ1v) is 12.1. The maximum absolute atomic E-state index is 13.2. The molecule has 0 aliphatic heterocycles. The molecule has 8 heteroatoms. The highest BCUT2D eigenvalue weighted by Crippen LogP contribution is 2.30. The minimum Gasteiger partial charge on any atom is -0.488 e. The molecular weight excluding hydrogens is 536 g/mol. The van der Waals surface area contributed by atoms with E-state index in [0.717, 1.165) is 10.0 Å². The van der Waals surface area contributed by atoms with Crippen LogP contribution in [0.5, 0.6) is 5.75 Å². The number of ether oxygens (including phenoxy) is 1. The molecule has 37 heavy (non-hydrogen) atoms. The number of halogens is 1. The van der Waals surface area contributed by atoms with Crippen molar-refractivity contribution in [1.29, 1.82) is 0 Å². The van der Waals surface area contributed by atoms with Crippen molar-refractivity contribution in [3.8, 4) is 5.75 Å². The molecule has 0 unspecified atom stereocenters. The van der Waals surface area contributed by atoms with Gasteiger partial charge in [-0.05, 0) is 47.0 Å². The van der Waals surface area contributed by atoms with Gasteiger partial charge in [0.2, 0.25) is 0 Å². The van der Waals surface area contributed by atoms with Crippen LogP contribution in [0.15, 0.2) is 113 Å². The lowest BCUT2D eigenvalue weighted by Gasteiger charge is -2.27. The maximum Gasteiger partial charge on any atom is 0.335 e. The first-order valence-electron chi connectivity index (χ1n) is 11.3. The number of hydrogen-bond donors (Lipinski definition) is 3. The smallest absolute Gasteiger partial charge is 0.335 e. The number of rotatable bonds is 9. The predicted octanol–water partition coefficient (Wildman–Crippen LogP) is 5.11. The van der Waals surface area contributed by atoms with Crippen LogP contribution >= 0.6 is 15.9 Å². The zero-order valence-corrected chi connectivity index (χ0v) is 21.1. The Hall–Kier alpha value is -4.27. The number of nitrogens with zero attached hydrogens (tertiary/aromatic N) is 1. The number of hydrogen-bond acceptors (Lipinski definition) is 5. The van der Waals surface area contributed by atoms with E-state index in [1.165, 1.54) is 18.3 Å². The third kappa shape index (κ3) is 6.11. The molecule has 4 aromatic carbocycles. The Labute approximate surface area is 222 Å². The van der Waals surface area contributed by atoms with Gasteiger partial charge in [-0.3, -0.25) is 4.79 Å². The van der Waals surface area contributed by atoms with Gasteiger partial charge in [-0.25, -0.2) is 10.2 Å². The molecule has 1 amide bonds. The summed E-state index contributed by atoms with van der Waals surface area (Å²) in [7, 11) is 0. The molecule has 0 saturated heterocycles. The second-order valence-corrected chi connectivity index (χ2v) is 9.03. The monoisotopic (exact) mass is 558 g/mol. The van der Waals surface area contributed by atoms with E-state index < -0.39 is 17.5 Å². The molecule has 0 aliphatic carbocycles. The van der Waals surface area contributed by atoms with Gasteiger partial charge in [-0.1, -0.05) is 88.7 Å². The number of nitrogens with one attached hydrogen (secondary N) is 1. The topological polar surface area (TPSA) is 108 Å². The molecule has 0 spiro atoms. The molecule has 0 heterocycles. The lowest BCUT2D eigenvalue weighted by Crippen LogP contribution is -2.43. The lowest BCUT2D eigenvalue weighted by atomic mass is 9.85. The van der Waals surface area contributed by atoms with Crippen molar-refractivity contribution >= 4 is 34.0 Å². The zero-order chi connectivity index (χ0) is 26.3. The molecule has 4 rings (SSSR count). The summed E-state index contributed by atoms with van der Waals surface area (Å²) in [5, 5.41) is 24.7. The van der Waals surface area contributed by atoms with Crippen LogP contribution in [-0.4, -0.2) is 28.3 Å². The standard InChI is InChI=1S/C29H23BrN2O5/c30-25-15-16-26(37-19-20-11-13-21(14-12-20)27(33)34)22(17-25)18-31-32-28(35)29(36,23-7-3-1-4-8-23)24-9-5-2-6-10-24/h1-18,36H,19H2,(H,32,35)(H,33,34)/b31-18-. The fourth-order valence-electron chi connectivity index (χ4n) is 3.69. The number of carbonyl (C=O) groups is 2. The van der Waals surface area contributed by atoms with Gasteiger partial charge in [0.05, 0.1) is 11.8 Å². The molecule has 186 valence electrons. The SMILES string of the molecule is O=C(O)c1ccc(COc2ccc(Br)cc2/C=N\NC(=O)C(O)(c2ccccc2)c2ccccc2)cc1. The molecule has 4 aromatic rings. The zero-order valence-electron chi connectivity index (χ0n) is 19.5. The molecule has 0 radical (unpaired) electrons. The van der Waals surface area contributed by atoms with Crippen LogP contribution in [-0.2, 0) is 17.0 Å². The first-order chi connectivity index (χ1) is 17.9. The average Bonchev–Trinajstić information content (AvgIpc) is 2.93. The van der Waals surface area contributed by atoms with E-state index in [2.05, 4.69) is 26.5 Å². The van der Waals surface area contributed by atoms with Crippen molar-refractivity contribution in [3.63, 3.8) is 0 Å². The van der Waals surface area contributed by atoms with Crippen LogP contribution in [0.2, 0.25) is 0 Å². The van der Waals surface area contributed by atoms with E-state index in [9.17, 15) is 14.7 Å². The van der Waals surface area contributed by atoms with Gasteiger partial charge in [-0.2, -0.15) is 5.10 Å². The molecule has 0 atom stereocenters. The van der Waals surface area contributed by atoms with Crippen molar-refractivity contribution in [3.05, 3.63) is 135 Å².